The Balaban J connectivity index is 2.80. The summed E-state index contributed by atoms with van der Waals surface area (Å²) in [5.41, 5.74) is 5.28. The molecule has 0 spiro atoms. The zero-order chi connectivity index (χ0) is 20.1. The number of hydrogen-bond acceptors (Lipinski definition) is 3. The van der Waals surface area contributed by atoms with Gasteiger partial charge in [0.15, 0.2) is 0 Å². The third-order valence-corrected chi connectivity index (χ3v) is 4.00. The molecule has 2 amide bonds. The second kappa shape index (κ2) is 9.02. The number of carbonyl (C=O) groups is 2. The first kappa shape index (κ1) is 22.0. The predicted molar refractivity (Wildman–Crippen MR) is 93.0 cm³/mol. The lowest BCUT2D eigenvalue weighted by Crippen LogP contribution is -2.47. The van der Waals surface area contributed by atoms with Crippen molar-refractivity contribution in [2.24, 2.45) is 17.6 Å². The van der Waals surface area contributed by atoms with Crippen molar-refractivity contribution in [3.63, 3.8) is 0 Å². The lowest BCUT2D eigenvalue weighted by Gasteiger charge is -2.24. The quantitative estimate of drug-likeness (QED) is 0.687. The zero-order valence-corrected chi connectivity index (χ0v) is 15.4. The van der Waals surface area contributed by atoms with Crippen molar-refractivity contribution in [2.45, 2.75) is 46.0 Å². The summed E-state index contributed by atoms with van der Waals surface area (Å²) in [7, 11) is 0. The molecule has 1 aromatic carbocycles. The van der Waals surface area contributed by atoms with Gasteiger partial charge in [0.25, 0.3) is 0 Å². The SMILES string of the molecule is CC(C)C(NC(=O)CNC(=O)[C@@H](N)C(C)C)c1cccc(C(F)(F)F)c1. The van der Waals surface area contributed by atoms with Gasteiger partial charge in [-0.2, -0.15) is 13.2 Å². The number of halogens is 3. The van der Waals surface area contributed by atoms with Crippen LogP contribution in [0.15, 0.2) is 24.3 Å². The number of nitrogens with one attached hydrogen (secondary N) is 2. The Kier molecular flexibility index (Phi) is 7.62. The number of alkyl halides is 3. The summed E-state index contributed by atoms with van der Waals surface area (Å²) in [6.45, 7) is 6.86. The van der Waals surface area contributed by atoms with E-state index in [-0.39, 0.29) is 18.4 Å². The number of nitrogens with two attached hydrogens (primary N) is 1. The molecule has 0 aliphatic rings. The van der Waals surface area contributed by atoms with Crippen molar-refractivity contribution in [2.75, 3.05) is 6.54 Å². The molecule has 146 valence electrons. The number of rotatable bonds is 7. The molecule has 0 fully saturated rings. The second-order valence-corrected chi connectivity index (χ2v) is 6.90. The molecule has 0 saturated carbocycles. The number of carbonyl (C=O) groups excluding carboxylic acids is 2. The van der Waals surface area contributed by atoms with Gasteiger partial charge in [-0.25, -0.2) is 0 Å². The molecule has 26 heavy (non-hydrogen) atoms. The maximum Gasteiger partial charge on any atom is 0.416 e. The Labute approximate surface area is 151 Å². The average Bonchev–Trinajstić information content (AvgIpc) is 2.55. The highest BCUT2D eigenvalue weighted by Crippen LogP contribution is 2.32. The molecule has 0 heterocycles. The molecule has 0 saturated heterocycles. The predicted octanol–water partition coefficient (Wildman–Crippen LogP) is 2.62. The molecule has 1 aromatic rings. The molecular formula is C18H26F3N3O2. The van der Waals surface area contributed by atoms with Gasteiger partial charge in [0.2, 0.25) is 11.8 Å². The summed E-state index contributed by atoms with van der Waals surface area (Å²) in [5, 5.41) is 5.11. The summed E-state index contributed by atoms with van der Waals surface area (Å²) >= 11 is 0. The van der Waals surface area contributed by atoms with Crippen LogP contribution in [0.4, 0.5) is 13.2 Å². The van der Waals surface area contributed by atoms with Gasteiger partial charge >= 0.3 is 6.18 Å². The Morgan fingerprint density at radius 3 is 2.23 bits per heavy atom. The molecule has 0 aromatic heterocycles. The van der Waals surface area contributed by atoms with Crippen LogP contribution < -0.4 is 16.4 Å². The Morgan fingerprint density at radius 1 is 1.12 bits per heavy atom. The van der Waals surface area contributed by atoms with Crippen LogP contribution in [0.3, 0.4) is 0 Å². The highest BCUT2D eigenvalue weighted by molar-refractivity contribution is 5.87. The van der Waals surface area contributed by atoms with E-state index in [9.17, 15) is 22.8 Å². The van der Waals surface area contributed by atoms with Crippen molar-refractivity contribution in [3.8, 4) is 0 Å². The normalized spacial score (nSPS) is 14.2. The van der Waals surface area contributed by atoms with E-state index in [1.54, 1.807) is 27.7 Å². The highest BCUT2D eigenvalue weighted by Gasteiger charge is 2.31. The molecule has 1 rings (SSSR count). The maximum absolute atomic E-state index is 12.9. The molecule has 8 heteroatoms. The number of benzene rings is 1. The lowest BCUT2D eigenvalue weighted by atomic mass is 9.94. The fourth-order valence-electron chi connectivity index (χ4n) is 2.36. The fourth-order valence-corrected chi connectivity index (χ4v) is 2.36. The van der Waals surface area contributed by atoms with Crippen LogP contribution in [0.1, 0.15) is 44.9 Å². The van der Waals surface area contributed by atoms with Gasteiger partial charge in [-0.1, -0.05) is 39.8 Å². The van der Waals surface area contributed by atoms with Crippen LogP contribution in [-0.4, -0.2) is 24.4 Å². The van der Waals surface area contributed by atoms with Gasteiger partial charge in [0.05, 0.1) is 24.2 Å². The largest absolute Gasteiger partial charge is 0.416 e. The third-order valence-electron chi connectivity index (χ3n) is 4.00. The minimum Gasteiger partial charge on any atom is -0.348 e. The average molecular weight is 373 g/mol. The first-order chi connectivity index (χ1) is 11.9. The smallest absolute Gasteiger partial charge is 0.348 e. The summed E-state index contributed by atoms with van der Waals surface area (Å²) in [5.74, 6) is -1.16. The molecule has 4 N–H and O–H groups in total. The van der Waals surface area contributed by atoms with Gasteiger partial charge in [0, 0.05) is 0 Å². The minimum absolute atomic E-state index is 0.0772. The van der Waals surface area contributed by atoms with E-state index in [4.69, 9.17) is 5.73 Å². The molecule has 0 radical (unpaired) electrons. The van der Waals surface area contributed by atoms with E-state index in [1.165, 1.54) is 12.1 Å². The van der Waals surface area contributed by atoms with E-state index in [2.05, 4.69) is 10.6 Å². The monoisotopic (exact) mass is 373 g/mol. The summed E-state index contributed by atoms with van der Waals surface area (Å²) in [6.07, 6.45) is -4.46. The lowest BCUT2D eigenvalue weighted by molar-refractivity contribution is -0.137. The van der Waals surface area contributed by atoms with Gasteiger partial charge < -0.3 is 16.4 Å². The Bertz CT molecular complexity index is 630. The molecule has 0 bridgehead atoms. The minimum atomic E-state index is -4.46. The molecule has 0 aliphatic heterocycles. The standard InChI is InChI=1S/C18H26F3N3O2/c1-10(2)15(22)17(26)23-9-14(25)24-16(11(3)4)12-6-5-7-13(8-12)18(19,20)21/h5-8,10-11,15-16H,9,22H2,1-4H3,(H,23,26)(H,24,25)/t15-,16?/m0/s1. The number of amides is 2. The molecule has 5 nitrogen and oxygen atoms in total. The van der Waals surface area contributed by atoms with Crippen LogP contribution >= 0.6 is 0 Å². The third kappa shape index (κ3) is 6.33. The molecule has 0 aliphatic carbocycles. The van der Waals surface area contributed by atoms with Gasteiger partial charge in [-0.05, 0) is 29.5 Å². The first-order valence-corrected chi connectivity index (χ1v) is 8.43. The molecular weight excluding hydrogens is 347 g/mol. The van der Waals surface area contributed by atoms with Crippen molar-refractivity contribution >= 4 is 11.8 Å². The van der Waals surface area contributed by atoms with Crippen LogP contribution in [0.5, 0.6) is 0 Å². The number of hydrogen-bond donors (Lipinski definition) is 3. The van der Waals surface area contributed by atoms with E-state index in [0.29, 0.717) is 5.56 Å². The summed E-state index contributed by atoms with van der Waals surface area (Å²) in [4.78, 5) is 23.9. The maximum atomic E-state index is 12.9. The van der Waals surface area contributed by atoms with E-state index in [0.717, 1.165) is 12.1 Å². The van der Waals surface area contributed by atoms with E-state index in [1.807, 2.05) is 0 Å². The van der Waals surface area contributed by atoms with Gasteiger partial charge in [-0.3, -0.25) is 9.59 Å². The van der Waals surface area contributed by atoms with Crippen molar-refractivity contribution < 1.29 is 22.8 Å². The van der Waals surface area contributed by atoms with Gasteiger partial charge in [0.1, 0.15) is 0 Å². The van der Waals surface area contributed by atoms with Crippen LogP contribution in [0.25, 0.3) is 0 Å². The van der Waals surface area contributed by atoms with Crippen molar-refractivity contribution in [1.82, 2.24) is 10.6 Å². The first-order valence-electron chi connectivity index (χ1n) is 8.43. The Morgan fingerprint density at radius 2 is 1.73 bits per heavy atom. The summed E-state index contributed by atoms with van der Waals surface area (Å²) < 4.78 is 38.7. The Hall–Kier alpha value is -2.09. The highest BCUT2D eigenvalue weighted by atomic mass is 19.4. The topological polar surface area (TPSA) is 84.2 Å². The fraction of sp³-hybridized carbons (Fsp3) is 0.556. The zero-order valence-electron chi connectivity index (χ0n) is 15.4. The van der Waals surface area contributed by atoms with Crippen molar-refractivity contribution in [1.29, 1.82) is 0 Å². The van der Waals surface area contributed by atoms with Crippen LogP contribution in [-0.2, 0) is 15.8 Å². The van der Waals surface area contributed by atoms with Crippen LogP contribution in [0, 0.1) is 11.8 Å². The molecule has 2 atom stereocenters. The van der Waals surface area contributed by atoms with Crippen LogP contribution in [0.2, 0.25) is 0 Å². The summed E-state index contributed by atoms with van der Waals surface area (Å²) in [6, 6.07) is 3.51. The van der Waals surface area contributed by atoms with Gasteiger partial charge in [-0.15, -0.1) is 0 Å². The second-order valence-electron chi connectivity index (χ2n) is 6.90. The van der Waals surface area contributed by atoms with E-state index < -0.39 is 35.6 Å². The molecule has 1 unspecified atom stereocenters. The van der Waals surface area contributed by atoms with Crippen molar-refractivity contribution in [3.05, 3.63) is 35.4 Å². The van der Waals surface area contributed by atoms with E-state index >= 15 is 0 Å².